The predicted octanol–water partition coefficient (Wildman–Crippen LogP) is -0.250. The summed E-state index contributed by atoms with van der Waals surface area (Å²) in [5, 5.41) is 29.4. The summed E-state index contributed by atoms with van der Waals surface area (Å²) < 4.78 is 7.10. The first kappa shape index (κ1) is 17.7. The van der Waals surface area contributed by atoms with Crippen molar-refractivity contribution in [2.45, 2.75) is 38.4 Å². The smallest absolute Gasteiger partial charge is 0.166 e. The van der Waals surface area contributed by atoms with Gasteiger partial charge in [0, 0.05) is 19.3 Å². The Morgan fingerprint density at radius 2 is 1.96 bits per heavy atom. The standard InChI is InChI=1S/C16H23N5O4/c1-3-20(4-2)6-5-10-12-15(18-8-17-10)21(9-19-12)16-14(24)13(23)11(7-22)25-16/h5-6,8-9,11,13-14,16,22-24H,3-4,7H2,1-2H3/b6-5+/t11-,13-,14-,16-/m0/s1. The summed E-state index contributed by atoms with van der Waals surface area (Å²) in [4.78, 5) is 14.9. The second-order valence-corrected chi connectivity index (χ2v) is 5.85. The Morgan fingerprint density at radius 3 is 2.60 bits per heavy atom. The van der Waals surface area contributed by atoms with Gasteiger partial charge in [-0.3, -0.25) is 4.57 Å². The second kappa shape index (κ2) is 7.44. The molecule has 0 bridgehead atoms. The normalized spacial score (nSPS) is 26.8. The fourth-order valence-electron chi connectivity index (χ4n) is 2.90. The van der Waals surface area contributed by atoms with Crippen LogP contribution in [0, 0.1) is 0 Å². The lowest BCUT2D eigenvalue weighted by Crippen LogP contribution is -2.33. The summed E-state index contributed by atoms with van der Waals surface area (Å²) >= 11 is 0. The zero-order valence-electron chi connectivity index (χ0n) is 14.2. The molecule has 0 saturated carbocycles. The van der Waals surface area contributed by atoms with E-state index in [-0.39, 0.29) is 6.61 Å². The van der Waals surface area contributed by atoms with Crippen LogP contribution in [0.5, 0.6) is 0 Å². The minimum Gasteiger partial charge on any atom is -0.394 e. The molecule has 9 nitrogen and oxygen atoms in total. The van der Waals surface area contributed by atoms with Crippen molar-refractivity contribution in [2.75, 3.05) is 19.7 Å². The highest BCUT2D eigenvalue weighted by molar-refractivity contribution is 5.79. The van der Waals surface area contributed by atoms with Gasteiger partial charge in [-0.05, 0) is 19.9 Å². The molecule has 25 heavy (non-hydrogen) atoms. The van der Waals surface area contributed by atoms with E-state index < -0.39 is 24.5 Å². The van der Waals surface area contributed by atoms with E-state index in [0.29, 0.717) is 16.9 Å². The lowest BCUT2D eigenvalue weighted by molar-refractivity contribution is -0.0511. The number of nitrogens with zero attached hydrogens (tertiary/aromatic N) is 5. The minimum atomic E-state index is -1.18. The molecule has 1 aliphatic heterocycles. The maximum absolute atomic E-state index is 10.2. The summed E-state index contributed by atoms with van der Waals surface area (Å²) in [6, 6.07) is 0. The van der Waals surface area contributed by atoms with Crippen molar-refractivity contribution in [3.63, 3.8) is 0 Å². The van der Waals surface area contributed by atoms with Gasteiger partial charge in [-0.2, -0.15) is 0 Å². The Morgan fingerprint density at radius 1 is 1.20 bits per heavy atom. The Balaban J connectivity index is 1.94. The zero-order chi connectivity index (χ0) is 18.0. The quantitative estimate of drug-likeness (QED) is 0.654. The second-order valence-electron chi connectivity index (χ2n) is 5.85. The van der Waals surface area contributed by atoms with Gasteiger partial charge in [0.2, 0.25) is 0 Å². The maximum atomic E-state index is 10.2. The first-order chi connectivity index (χ1) is 12.1. The zero-order valence-corrected chi connectivity index (χ0v) is 14.2. The summed E-state index contributed by atoms with van der Waals surface area (Å²) in [6.45, 7) is 5.53. The number of rotatable bonds is 6. The van der Waals surface area contributed by atoms with Crippen LogP contribution in [0.2, 0.25) is 0 Å². The molecular weight excluding hydrogens is 326 g/mol. The van der Waals surface area contributed by atoms with E-state index in [1.54, 1.807) is 4.57 Å². The highest BCUT2D eigenvalue weighted by Gasteiger charge is 2.43. The highest BCUT2D eigenvalue weighted by atomic mass is 16.6. The maximum Gasteiger partial charge on any atom is 0.166 e. The summed E-state index contributed by atoms with van der Waals surface area (Å²) in [6.07, 6.45) is 2.67. The van der Waals surface area contributed by atoms with Crippen molar-refractivity contribution in [2.24, 2.45) is 0 Å². The van der Waals surface area contributed by atoms with Crippen molar-refractivity contribution < 1.29 is 20.1 Å². The fourth-order valence-corrected chi connectivity index (χ4v) is 2.90. The van der Waals surface area contributed by atoms with Crippen LogP contribution in [-0.2, 0) is 4.74 Å². The van der Waals surface area contributed by atoms with Crippen LogP contribution in [0.3, 0.4) is 0 Å². The Hall–Kier alpha value is -2.07. The topological polar surface area (TPSA) is 117 Å². The van der Waals surface area contributed by atoms with Gasteiger partial charge in [-0.15, -0.1) is 0 Å². The molecule has 2 aromatic heterocycles. The molecule has 3 rings (SSSR count). The van der Waals surface area contributed by atoms with Gasteiger partial charge in [-0.25, -0.2) is 15.0 Å². The van der Waals surface area contributed by atoms with E-state index in [0.717, 1.165) is 13.1 Å². The van der Waals surface area contributed by atoms with Crippen molar-refractivity contribution >= 4 is 17.2 Å². The number of hydrogen-bond donors (Lipinski definition) is 3. The van der Waals surface area contributed by atoms with Crippen molar-refractivity contribution in [1.82, 2.24) is 24.4 Å². The van der Waals surface area contributed by atoms with Gasteiger partial charge in [0.15, 0.2) is 11.9 Å². The molecule has 4 atom stereocenters. The number of aliphatic hydroxyl groups is 3. The Kier molecular flexibility index (Phi) is 5.28. The van der Waals surface area contributed by atoms with Gasteiger partial charge < -0.3 is 25.0 Å². The largest absolute Gasteiger partial charge is 0.394 e. The van der Waals surface area contributed by atoms with Gasteiger partial charge in [0.05, 0.1) is 18.6 Å². The Labute approximate surface area is 145 Å². The molecule has 1 fully saturated rings. The molecule has 1 saturated heterocycles. The van der Waals surface area contributed by atoms with E-state index in [1.165, 1.54) is 12.7 Å². The van der Waals surface area contributed by atoms with Gasteiger partial charge in [-0.1, -0.05) is 0 Å². The average Bonchev–Trinajstić information content (AvgIpc) is 3.18. The lowest BCUT2D eigenvalue weighted by atomic mass is 10.1. The number of imidazole rings is 1. The minimum absolute atomic E-state index is 0.381. The van der Waals surface area contributed by atoms with Crippen LogP contribution in [-0.4, -0.2) is 77.7 Å². The third kappa shape index (κ3) is 3.23. The third-order valence-corrected chi connectivity index (χ3v) is 4.43. The monoisotopic (exact) mass is 349 g/mol. The molecule has 3 heterocycles. The van der Waals surface area contributed by atoms with E-state index in [4.69, 9.17) is 4.74 Å². The van der Waals surface area contributed by atoms with Crippen molar-refractivity contribution in [3.05, 3.63) is 24.5 Å². The Bertz CT molecular complexity index is 745. The van der Waals surface area contributed by atoms with Gasteiger partial charge in [0.1, 0.15) is 30.2 Å². The average molecular weight is 349 g/mol. The molecule has 3 N–H and O–H groups in total. The van der Waals surface area contributed by atoms with Gasteiger partial charge >= 0.3 is 0 Å². The van der Waals surface area contributed by atoms with Gasteiger partial charge in [0.25, 0.3) is 0 Å². The number of aliphatic hydroxyl groups excluding tert-OH is 3. The molecule has 136 valence electrons. The molecule has 0 aliphatic carbocycles. The fraction of sp³-hybridized carbons (Fsp3) is 0.562. The first-order valence-electron chi connectivity index (χ1n) is 8.32. The van der Waals surface area contributed by atoms with Crippen molar-refractivity contribution in [3.8, 4) is 0 Å². The molecule has 2 aromatic rings. The number of aromatic nitrogens is 4. The molecule has 9 heteroatoms. The molecule has 0 radical (unpaired) electrons. The summed E-state index contributed by atoms with van der Waals surface area (Å²) in [7, 11) is 0. The molecule has 0 unspecified atom stereocenters. The van der Waals surface area contributed by atoms with Crippen LogP contribution in [0.1, 0.15) is 25.8 Å². The molecule has 0 aromatic carbocycles. The van der Waals surface area contributed by atoms with E-state index in [1.807, 2.05) is 12.3 Å². The summed E-state index contributed by atoms with van der Waals surface area (Å²) in [5.74, 6) is 0. The van der Waals surface area contributed by atoms with E-state index >= 15 is 0 Å². The van der Waals surface area contributed by atoms with Crippen LogP contribution >= 0.6 is 0 Å². The third-order valence-electron chi connectivity index (χ3n) is 4.43. The summed E-state index contributed by atoms with van der Waals surface area (Å²) in [5.41, 5.74) is 1.72. The highest BCUT2D eigenvalue weighted by Crippen LogP contribution is 2.31. The lowest BCUT2D eigenvalue weighted by Gasteiger charge is -2.16. The number of ether oxygens (including phenoxy) is 1. The van der Waals surface area contributed by atoms with E-state index in [9.17, 15) is 15.3 Å². The SMILES string of the molecule is CCN(/C=C/c1ncnc2c1ncn2[C@H]1O[C@@H](CO)[C@H](O)[C@@H]1O)CC. The molecule has 1 aliphatic rings. The first-order valence-corrected chi connectivity index (χ1v) is 8.32. The molecule has 0 spiro atoms. The van der Waals surface area contributed by atoms with Crippen LogP contribution < -0.4 is 0 Å². The number of fused-ring (bicyclic) bond motifs is 1. The van der Waals surface area contributed by atoms with Crippen LogP contribution in [0.15, 0.2) is 18.9 Å². The molecular formula is C16H23N5O4. The number of hydrogen-bond acceptors (Lipinski definition) is 8. The predicted molar refractivity (Wildman–Crippen MR) is 90.3 cm³/mol. The molecule has 0 amide bonds. The van der Waals surface area contributed by atoms with Crippen LogP contribution in [0.4, 0.5) is 0 Å². The van der Waals surface area contributed by atoms with Crippen molar-refractivity contribution in [1.29, 1.82) is 0 Å². The van der Waals surface area contributed by atoms with Crippen LogP contribution in [0.25, 0.3) is 17.2 Å². The van der Waals surface area contributed by atoms with E-state index in [2.05, 4.69) is 33.7 Å².